The molecular weight excluding hydrogens is 260 g/mol. The van der Waals surface area contributed by atoms with Crippen LogP contribution in [0.3, 0.4) is 0 Å². The molecule has 0 atom stereocenters. The highest BCUT2D eigenvalue weighted by atomic mass is 32.2. The van der Waals surface area contributed by atoms with Gasteiger partial charge in [0.25, 0.3) is 0 Å². The molecule has 3 nitrogen and oxygen atoms in total. The molecule has 0 radical (unpaired) electrons. The van der Waals surface area contributed by atoms with Crippen LogP contribution in [0.2, 0.25) is 0 Å². The molecular formula is C15H12O3S. The van der Waals surface area contributed by atoms with Crippen molar-refractivity contribution in [2.45, 2.75) is 16.2 Å². The maximum Gasteiger partial charge on any atom is 0.307 e. The van der Waals surface area contributed by atoms with Gasteiger partial charge in [0.1, 0.15) is 6.29 Å². The predicted molar refractivity (Wildman–Crippen MR) is 73.7 cm³/mol. The zero-order valence-electron chi connectivity index (χ0n) is 10.1. The lowest BCUT2D eigenvalue weighted by molar-refractivity contribution is -0.136. The third kappa shape index (κ3) is 3.69. The Morgan fingerprint density at radius 1 is 1.11 bits per heavy atom. The lowest BCUT2D eigenvalue weighted by Gasteiger charge is -2.06. The second-order valence-corrected chi connectivity index (χ2v) is 5.11. The number of carbonyl (C=O) groups excluding carboxylic acids is 1. The number of benzene rings is 2. The van der Waals surface area contributed by atoms with Crippen molar-refractivity contribution in [3.8, 4) is 0 Å². The van der Waals surface area contributed by atoms with Crippen molar-refractivity contribution < 1.29 is 14.7 Å². The molecule has 0 amide bonds. The molecule has 2 rings (SSSR count). The third-order valence-corrected chi connectivity index (χ3v) is 3.56. The van der Waals surface area contributed by atoms with Crippen LogP contribution in [0.1, 0.15) is 15.9 Å². The van der Waals surface area contributed by atoms with Crippen molar-refractivity contribution in [1.82, 2.24) is 0 Å². The molecule has 0 aliphatic heterocycles. The van der Waals surface area contributed by atoms with E-state index in [0.717, 1.165) is 9.79 Å². The summed E-state index contributed by atoms with van der Waals surface area (Å²) in [6.07, 6.45) is 0.548. The van der Waals surface area contributed by atoms with E-state index in [0.29, 0.717) is 17.4 Å². The number of rotatable bonds is 5. The van der Waals surface area contributed by atoms with E-state index in [-0.39, 0.29) is 6.42 Å². The molecule has 0 aliphatic carbocycles. The van der Waals surface area contributed by atoms with Crippen molar-refractivity contribution in [3.05, 3.63) is 59.7 Å². The van der Waals surface area contributed by atoms with Crippen molar-refractivity contribution in [2.24, 2.45) is 0 Å². The van der Waals surface area contributed by atoms with Gasteiger partial charge >= 0.3 is 5.97 Å². The average Bonchev–Trinajstić information content (AvgIpc) is 2.39. The van der Waals surface area contributed by atoms with Crippen molar-refractivity contribution in [3.63, 3.8) is 0 Å². The van der Waals surface area contributed by atoms with E-state index >= 15 is 0 Å². The summed E-state index contributed by atoms with van der Waals surface area (Å²) in [5.74, 6) is -0.940. The summed E-state index contributed by atoms with van der Waals surface area (Å²) in [5, 5.41) is 8.84. The van der Waals surface area contributed by atoms with Crippen LogP contribution in [0, 0.1) is 0 Å². The molecule has 0 aliphatic rings. The van der Waals surface area contributed by atoms with E-state index < -0.39 is 5.97 Å². The lowest BCUT2D eigenvalue weighted by Crippen LogP contribution is -2.03. The number of hydrogen-bond acceptors (Lipinski definition) is 3. The van der Waals surface area contributed by atoms with Gasteiger partial charge in [0.15, 0.2) is 0 Å². The minimum Gasteiger partial charge on any atom is -0.481 e. The van der Waals surface area contributed by atoms with Crippen LogP contribution >= 0.6 is 11.8 Å². The molecule has 19 heavy (non-hydrogen) atoms. The Morgan fingerprint density at radius 3 is 2.47 bits per heavy atom. The van der Waals surface area contributed by atoms with Crippen LogP contribution in [0.4, 0.5) is 0 Å². The van der Waals surface area contributed by atoms with Gasteiger partial charge in [0.2, 0.25) is 0 Å². The second-order valence-electron chi connectivity index (χ2n) is 3.96. The van der Waals surface area contributed by atoms with Crippen molar-refractivity contribution in [1.29, 1.82) is 0 Å². The number of hydrogen-bond donors (Lipinski definition) is 1. The van der Waals surface area contributed by atoms with Gasteiger partial charge in [-0.3, -0.25) is 9.59 Å². The molecule has 0 saturated carbocycles. The fourth-order valence-corrected chi connectivity index (χ4v) is 2.60. The van der Waals surface area contributed by atoms with E-state index in [1.54, 1.807) is 12.1 Å². The van der Waals surface area contributed by atoms with Crippen molar-refractivity contribution in [2.75, 3.05) is 0 Å². The van der Waals surface area contributed by atoms with Crippen LogP contribution in [0.5, 0.6) is 0 Å². The molecule has 0 aromatic heterocycles. The smallest absolute Gasteiger partial charge is 0.307 e. The van der Waals surface area contributed by atoms with Crippen LogP contribution < -0.4 is 0 Å². The van der Waals surface area contributed by atoms with Gasteiger partial charge < -0.3 is 5.11 Å². The zero-order chi connectivity index (χ0) is 13.7. The zero-order valence-corrected chi connectivity index (χ0v) is 10.9. The molecule has 0 saturated heterocycles. The SMILES string of the molecule is O=Cc1ccc(Sc2ccccc2)cc1CC(=O)O. The maximum absolute atomic E-state index is 10.9. The van der Waals surface area contributed by atoms with E-state index in [1.807, 2.05) is 36.4 Å². The van der Waals surface area contributed by atoms with Gasteiger partial charge in [-0.15, -0.1) is 0 Å². The Labute approximate surface area is 115 Å². The average molecular weight is 272 g/mol. The summed E-state index contributed by atoms with van der Waals surface area (Å²) in [6.45, 7) is 0. The monoisotopic (exact) mass is 272 g/mol. The van der Waals surface area contributed by atoms with Gasteiger partial charge in [-0.2, -0.15) is 0 Å². The Morgan fingerprint density at radius 2 is 1.84 bits per heavy atom. The Kier molecular flexibility index (Phi) is 4.36. The Bertz CT molecular complexity index is 594. The summed E-state index contributed by atoms with van der Waals surface area (Å²) in [7, 11) is 0. The Hall–Kier alpha value is -2.07. The molecule has 0 heterocycles. The fraction of sp³-hybridized carbons (Fsp3) is 0.0667. The van der Waals surface area contributed by atoms with Crippen LogP contribution in [0.25, 0.3) is 0 Å². The van der Waals surface area contributed by atoms with Crippen LogP contribution in [-0.2, 0) is 11.2 Å². The summed E-state index contributed by atoms with van der Waals surface area (Å²) in [5.41, 5.74) is 0.975. The van der Waals surface area contributed by atoms with Crippen LogP contribution in [-0.4, -0.2) is 17.4 Å². The molecule has 1 N–H and O–H groups in total. The van der Waals surface area contributed by atoms with Gasteiger partial charge in [0, 0.05) is 15.4 Å². The van der Waals surface area contributed by atoms with Gasteiger partial charge in [-0.1, -0.05) is 36.0 Å². The lowest BCUT2D eigenvalue weighted by atomic mass is 10.1. The fourth-order valence-electron chi connectivity index (χ4n) is 1.70. The van der Waals surface area contributed by atoms with Gasteiger partial charge in [-0.25, -0.2) is 0 Å². The molecule has 0 bridgehead atoms. The number of aldehydes is 1. The van der Waals surface area contributed by atoms with E-state index in [4.69, 9.17) is 5.11 Å². The number of carboxylic acids is 1. The summed E-state index contributed by atoms with van der Waals surface area (Å²) in [6, 6.07) is 15.0. The van der Waals surface area contributed by atoms with Gasteiger partial charge in [-0.05, 0) is 29.8 Å². The van der Waals surface area contributed by atoms with Gasteiger partial charge in [0.05, 0.1) is 6.42 Å². The van der Waals surface area contributed by atoms with E-state index in [1.165, 1.54) is 11.8 Å². The molecule has 96 valence electrons. The first kappa shape index (κ1) is 13.4. The first-order valence-electron chi connectivity index (χ1n) is 5.72. The number of aliphatic carboxylic acids is 1. The third-order valence-electron chi connectivity index (χ3n) is 2.56. The van der Waals surface area contributed by atoms with Crippen molar-refractivity contribution >= 4 is 24.0 Å². The summed E-state index contributed by atoms with van der Waals surface area (Å²) >= 11 is 1.54. The van der Waals surface area contributed by atoms with E-state index in [9.17, 15) is 9.59 Å². The number of carbonyl (C=O) groups is 2. The molecule has 4 heteroatoms. The highest BCUT2D eigenvalue weighted by molar-refractivity contribution is 7.99. The summed E-state index contributed by atoms with van der Waals surface area (Å²) < 4.78 is 0. The molecule has 2 aromatic rings. The minimum atomic E-state index is -0.940. The molecule has 0 spiro atoms. The summed E-state index contributed by atoms with van der Waals surface area (Å²) in [4.78, 5) is 23.7. The normalized spacial score (nSPS) is 10.1. The standard InChI is InChI=1S/C15H12O3S/c16-10-11-6-7-14(8-12(11)9-15(17)18)19-13-4-2-1-3-5-13/h1-8,10H,9H2,(H,17,18). The Balaban J connectivity index is 2.27. The second kappa shape index (κ2) is 6.20. The van der Waals surface area contributed by atoms with Crippen LogP contribution in [0.15, 0.2) is 58.3 Å². The number of carboxylic acid groups (broad SMARTS) is 1. The highest BCUT2D eigenvalue weighted by Crippen LogP contribution is 2.28. The predicted octanol–water partition coefficient (Wildman–Crippen LogP) is 3.28. The molecule has 2 aromatic carbocycles. The quantitative estimate of drug-likeness (QED) is 0.849. The minimum absolute atomic E-state index is 0.142. The molecule has 0 unspecified atom stereocenters. The van der Waals surface area contributed by atoms with E-state index in [2.05, 4.69) is 0 Å². The molecule has 0 fully saturated rings. The largest absolute Gasteiger partial charge is 0.481 e. The maximum atomic E-state index is 10.9. The topological polar surface area (TPSA) is 54.4 Å². The first-order chi connectivity index (χ1) is 9.19. The highest BCUT2D eigenvalue weighted by Gasteiger charge is 2.08. The first-order valence-corrected chi connectivity index (χ1v) is 6.53.